The number of para-hydroxylation sites is 1. The Hall–Kier alpha value is -1.37. The summed E-state index contributed by atoms with van der Waals surface area (Å²) in [6.07, 6.45) is 5.80. The fourth-order valence-electron chi connectivity index (χ4n) is 2.20. The van der Waals surface area contributed by atoms with Crippen LogP contribution in [0.25, 0.3) is 10.9 Å². The summed E-state index contributed by atoms with van der Waals surface area (Å²) in [6, 6.07) is 10.6. The summed E-state index contributed by atoms with van der Waals surface area (Å²) in [5.41, 5.74) is 2.67. The molecule has 0 aliphatic rings. The van der Waals surface area contributed by atoms with Crippen molar-refractivity contribution in [3.05, 3.63) is 42.1 Å². The summed E-state index contributed by atoms with van der Waals surface area (Å²) < 4.78 is 0. The second-order valence-corrected chi connectivity index (χ2v) is 5.40. The number of benzene rings is 1. The molecular weight excluding hydrogens is 206 g/mol. The lowest BCUT2D eigenvalue weighted by molar-refractivity contribution is 0.457. The van der Waals surface area contributed by atoms with Gasteiger partial charge in [-0.25, -0.2) is 0 Å². The molecule has 0 bridgehead atoms. The summed E-state index contributed by atoms with van der Waals surface area (Å²) in [5.74, 6) is 0. The van der Waals surface area contributed by atoms with E-state index in [4.69, 9.17) is 0 Å². The first-order valence-electron chi connectivity index (χ1n) is 6.49. The molecule has 0 atom stereocenters. The van der Waals surface area contributed by atoms with Crippen LogP contribution in [-0.4, -0.2) is 4.98 Å². The Labute approximate surface area is 104 Å². The van der Waals surface area contributed by atoms with Crippen LogP contribution in [0, 0.1) is 0 Å². The van der Waals surface area contributed by atoms with E-state index in [0.717, 1.165) is 5.52 Å². The van der Waals surface area contributed by atoms with Gasteiger partial charge in [0.2, 0.25) is 0 Å². The van der Waals surface area contributed by atoms with E-state index in [1.807, 2.05) is 12.3 Å². The number of rotatable bonds is 4. The van der Waals surface area contributed by atoms with Gasteiger partial charge in [-0.05, 0) is 29.5 Å². The van der Waals surface area contributed by atoms with Gasteiger partial charge in [0, 0.05) is 11.6 Å². The van der Waals surface area contributed by atoms with Crippen molar-refractivity contribution >= 4 is 10.9 Å². The average molecular weight is 227 g/mol. The molecule has 0 radical (unpaired) electrons. The second-order valence-electron chi connectivity index (χ2n) is 5.40. The molecule has 1 heteroatoms. The van der Waals surface area contributed by atoms with E-state index >= 15 is 0 Å². The molecule has 0 amide bonds. The summed E-state index contributed by atoms with van der Waals surface area (Å²) in [6.45, 7) is 6.87. The lowest BCUT2D eigenvalue weighted by Crippen LogP contribution is -2.17. The van der Waals surface area contributed by atoms with Crippen molar-refractivity contribution in [2.75, 3.05) is 0 Å². The van der Waals surface area contributed by atoms with Crippen LogP contribution in [0.15, 0.2) is 36.5 Å². The Morgan fingerprint density at radius 1 is 1.18 bits per heavy atom. The molecule has 1 heterocycles. The molecule has 0 N–H and O–H groups in total. The van der Waals surface area contributed by atoms with Gasteiger partial charge in [0.05, 0.1) is 5.52 Å². The van der Waals surface area contributed by atoms with Gasteiger partial charge < -0.3 is 0 Å². The van der Waals surface area contributed by atoms with E-state index in [0.29, 0.717) is 0 Å². The van der Waals surface area contributed by atoms with Gasteiger partial charge >= 0.3 is 0 Å². The molecule has 2 rings (SSSR count). The van der Waals surface area contributed by atoms with Crippen molar-refractivity contribution < 1.29 is 0 Å². The van der Waals surface area contributed by atoms with E-state index in [2.05, 4.69) is 50.0 Å². The fraction of sp³-hybridized carbons (Fsp3) is 0.438. The number of unbranched alkanes of at least 4 members (excludes halogenated alkanes) is 1. The van der Waals surface area contributed by atoms with Crippen molar-refractivity contribution in [2.45, 2.75) is 45.4 Å². The van der Waals surface area contributed by atoms with Crippen LogP contribution in [0.2, 0.25) is 0 Å². The third-order valence-electron chi connectivity index (χ3n) is 3.53. The zero-order valence-electron chi connectivity index (χ0n) is 11.0. The van der Waals surface area contributed by atoms with Crippen molar-refractivity contribution in [3.8, 4) is 0 Å². The Morgan fingerprint density at radius 2 is 1.94 bits per heavy atom. The first-order valence-corrected chi connectivity index (χ1v) is 6.49. The minimum Gasteiger partial charge on any atom is -0.256 e. The van der Waals surface area contributed by atoms with Crippen molar-refractivity contribution in [1.82, 2.24) is 4.98 Å². The minimum absolute atomic E-state index is 0.229. The maximum Gasteiger partial charge on any atom is 0.0702 e. The van der Waals surface area contributed by atoms with Crippen molar-refractivity contribution in [1.29, 1.82) is 0 Å². The molecule has 1 nitrogen and oxygen atoms in total. The quantitative estimate of drug-likeness (QED) is 0.737. The summed E-state index contributed by atoms with van der Waals surface area (Å²) in [7, 11) is 0. The van der Waals surface area contributed by atoms with Crippen LogP contribution >= 0.6 is 0 Å². The monoisotopic (exact) mass is 227 g/mol. The average Bonchev–Trinajstić information content (AvgIpc) is 2.36. The number of hydrogen-bond acceptors (Lipinski definition) is 1. The smallest absolute Gasteiger partial charge is 0.0702 e. The van der Waals surface area contributed by atoms with Crippen LogP contribution in [0.3, 0.4) is 0 Å². The Balaban J connectivity index is 2.35. The fourth-order valence-corrected chi connectivity index (χ4v) is 2.20. The molecule has 0 unspecified atom stereocenters. The highest BCUT2D eigenvalue weighted by Gasteiger charge is 2.20. The van der Waals surface area contributed by atoms with Gasteiger partial charge in [0.15, 0.2) is 0 Å². The molecule has 1 aromatic carbocycles. The molecule has 0 saturated carbocycles. The highest BCUT2D eigenvalue weighted by Crippen LogP contribution is 2.30. The lowest BCUT2D eigenvalue weighted by atomic mass is 9.80. The molecule has 1 aromatic heterocycles. The van der Waals surface area contributed by atoms with E-state index < -0.39 is 0 Å². The molecule has 0 aliphatic heterocycles. The third-order valence-corrected chi connectivity index (χ3v) is 3.53. The maximum absolute atomic E-state index is 4.56. The lowest BCUT2D eigenvalue weighted by Gasteiger charge is -2.25. The standard InChI is InChI=1S/C16H21N/c1-4-5-10-16(2,3)14-11-13-8-6-7-9-15(13)17-12-14/h6-9,11-12H,4-5,10H2,1-3H3. The second kappa shape index (κ2) is 4.87. The number of nitrogens with zero attached hydrogens (tertiary/aromatic N) is 1. The van der Waals surface area contributed by atoms with Gasteiger partial charge in [-0.15, -0.1) is 0 Å². The van der Waals surface area contributed by atoms with E-state index in [9.17, 15) is 0 Å². The molecule has 0 spiro atoms. The number of hydrogen-bond donors (Lipinski definition) is 0. The van der Waals surface area contributed by atoms with E-state index in [1.54, 1.807) is 0 Å². The molecule has 0 fully saturated rings. The SMILES string of the molecule is CCCCC(C)(C)c1cnc2ccccc2c1. The highest BCUT2D eigenvalue weighted by atomic mass is 14.7. The molecular formula is C16H21N. The van der Waals surface area contributed by atoms with Crippen LogP contribution in [0.1, 0.15) is 45.6 Å². The van der Waals surface area contributed by atoms with Crippen LogP contribution in [0.5, 0.6) is 0 Å². The molecule has 17 heavy (non-hydrogen) atoms. The predicted octanol–water partition coefficient (Wildman–Crippen LogP) is 4.70. The van der Waals surface area contributed by atoms with Crippen molar-refractivity contribution in [3.63, 3.8) is 0 Å². The van der Waals surface area contributed by atoms with Gasteiger partial charge in [-0.3, -0.25) is 4.98 Å². The highest BCUT2D eigenvalue weighted by molar-refractivity contribution is 5.78. The van der Waals surface area contributed by atoms with Crippen LogP contribution in [-0.2, 0) is 5.41 Å². The van der Waals surface area contributed by atoms with Crippen molar-refractivity contribution in [2.24, 2.45) is 0 Å². The van der Waals surface area contributed by atoms with Gasteiger partial charge in [-0.1, -0.05) is 51.8 Å². The first kappa shape index (κ1) is 12.1. The maximum atomic E-state index is 4.56. The summed E-state index contributed by atoms with van der Waals surface area (Å²) in [5, 5.41) is 1.24. The first-order chi connectivity index (χ1) is 8.13. The molecule has 0 saturated heterocycles. The zero-order chi connectivity index (χ0) is 12.3. The van der Waals surface area contributed by atoms with Crippen LogP contribution in [0.4, 0.5) is 0 Å². The normalized spacial score (nSPS) is 11.9. The molecule has 90 valence electrons. The van der Waals surface area contributed by atoms with E-state index in [1.165, 1.54) is 30.2 Å². The van der Waals surface area contributed by atoms with Crippen LogP contribution < -0.4 is 0 Å². The predicted molar refractivity (Wildman–Crippen MR) is 74.3 cm³/mol. The molecule has 2 aromatic rings. The number of pyridine rings is 1. The third kappa shape index (κ3) is 2.66. The van der Waals surface area contributed by atoms with Gasteiger partial charge in [0.25, 0.3) is 0 Å². The number of fused-ring (bicyclic) bond motifs is 1. The molecule has 0 aliphatic carbocycles. The topological polar surface area (TPSA) is 12.9 Å². The van der Waals surface area contributed by atoms with E-state index in [-0.39, 0.29) is 5.41 Å². The Kier molecular flexibility index (Phi) is 3.46. The van der Waals surface area contributed by atoms with Gasteiger partial charge in [0.1, 0.15) is 0 Å². The number of aromatic nitrogens is 1. The Bertz CT molecular complexity index is 500. The summed E-state index contributed by atoms with van der Waals surface area (Å²) >= 11 is 0. The van der Waals surface area contributed by atoms with Gasteiger partial charge in [-0.2, -0.15) is 0 Å². The Morgan fingerprint density at radius 3 is 2.71 bits per heavy atom. The zero-order valence-corrected chi connectivity index (χ0v) is 11.0. The summed E-state index contributed by atoms with van der Waals surface area (Å²) in [4.78, 5) is 4.56. The minimum atomic E-state index is 0.229. The largest absolute Gasteiger partial charge is 0.256 e.